The molecule has 0 aromatic heterocycles. The molecular weight excluding hydrogens is 223 g/mol. The van der Waals surface area contributed by atoms with Crippen LogP contribution in [-0.4, -0.2) is 41.7 Å². The number of carbonyl (C=O) groups excluding carboxylic acids is 1. The van der Waals surface area contributed by atoms with Gasteiger partial charge in [-0.2, -0.15) is 0 Å². The number of carbonyl (C=O) groups is 1. The lowest BCUT2D eigenvalue weighted by atomic mass is 10.1. The molecule has 0 radical (unpaired) electrons. The summed E-state index contributed by atoms with van der Waals surface area (Å²) in [5.74, 6) is -0.465. The summed E-state index contributed by atoms with van der Waals surface area (Å²) >= 11 is 0. The average molecular weight is 238 g/mol. The van der Waals surface area contributed by atoms with Crippen LogP contribution in [0.2, 0.25) is 0 Å². The lowest BCUT2D eigenvalue weighted by Gasteiger charge is -2.35. The van der Waals surface area contributed by atoms with Gasteiger partial charge in [-0.05, 0) is 6.07 Å². The number of halogens is 1. The molecule has 1 aliphatic rings. The Bertz CT molecular complexity index is 405. The molecule has 4 nitrogen and oxygen atoms in total. The summed E-state index contributed by atoms with van der Waals surface area (Å²) in [6.45, 7) is 1.52. The highest BCUT2D eigenvalue weighted by atomic mass is 19.1. The second-order valence-corrected chi connectivity index (χ2v) is 4.22. The number of hydrogen-bond acceptors (Lipinski definition) is 3. The van der Waals surface area contributed by atoms with Crippen LogP contribution in [0, 0.1) is 5.82 Å². The zero-order chi connectivity index (χ0) is 12.3. The zero-order valence-corrected chi connectivity index (χ0v) is 9.40. The van der Waals surface area contributed by atoms with Crippen molar-refractivity contribution in [1.29, 1.82) is 0 Å². The molecule has 1 fully saturated rings. The van der Waals surface area contributed by atoms with Crippen LogP contribution in [0.25, 0.3) is 0 Å². The van der Waals surface area contributed by atoms with Gasteiger partial charge in [-0.15, -0.1) is 0 Å². The maximum absolute atomic E-state index is 13.2. The van der Waals surface area contributed by atoms with Crippen molar-refractivity contribution in [3.8, 4) is 0 Å². The van der Waals surface area contributed by atoms with Crippen LogP contribution in [0.3, 0.4) is 0 Å². The molecule has 1 saturated heterocycles. The SMILES string of the molecule is O=C(CN1CC(O)C1)NCc1ccccc1F. The van der Waals surface area contributed by atoms with Crippen LogP contribution in [0.4, 0.5) is 4.39 Å². The lowest BCUT2D eigenvalue weighted by molar-refractivity contribution is -0.125. The highest BCUT2D eigenvalue weighted by Crippen LogP contribution is 2.07. The quantitative estimate of drug-likeness (QED) is 0.783. The summed E-state index contributed by atoms with van der Waals surface area (Å²) in [5.41, 5.74) is 0.476. The third-order valence-electron chi connectivity index (χ3n) is 2.74. The van der Waals surface area contributed by atoms with Crippen molar-refractivity contribution in [3.63, 3.8) is 0 Å². The Hall–Kier alpha value is -1.46. The Morgan fingerprint density at radius 1 is 1.47 bits per heavy atom. The van der Waals surface area contributed by atoms with Crippen LogP contribution < -0.4 is 5.32 Å². The number of β-amino-alcohol motifs (C(OH)–C–C–N with tert-alkyl or cyclic N) is 1. The van der Waals surface area contributed by atoms with Crippen molar-refractivity contribution in [2.24, 2.45) is 0 Å². The minimum Gasteiger partial charge on any atom is -0.390 e. The Morgan fingerprint density at radius 3 is 2.82 bits per heavy atom. The third-order valence-corrected chi connectivity index (χ3v) is 2.74. The van der Waals surface area contributed by atoms with E-state index in [-0.39, 0.29) is 30.9 Å². The number of hydrogen-bond donors (Lipinski definition) is 2. The molecule has 17 heavy (non-hydrogen) atoms. The summed E-state index contributed by atoms with van der Waals surface area (Å²) in [6, 6.07) is 6.36. The molecule has 1 amide bonds. The standard InChI is InChI=1S/C12H15FN2O2/c13-11-4-2-1-3-9(11)5-14-12(17)8-15-6-10(16)7-15/h1-4,10,16H,5-8H2,(H,14,17). The number of nitrogens with one attached hydrogen (secondary N) is 1. The molecule has 1 aliphatic heterocycles. The van der Waals surface area contributed by atoms with E-state index >= 15 is 0 Å². The van der Waals surface area contributed by atoms with Gasteiger partial charge in [0.15, 0.2) is 0 Å². The molecule has 5 heteroatoms. The van der Waals surface area contributed by atoms with E-state index in [4.69, 9.17) is 5.11 Å². The number of aliphatic hydroxyl groups excluding tert-OH is 1. The van der Waals surface area contributed by atoms with Gasteiger partial charge in [0.25, 0.3) is 0 Å². The van der Waals surface area contributed by atoms with Crippen molar-refractivity contribution in [1.82, 2.24) is 10.2 Å². The monoisotopic (exact) mass is 238 g/mol. The molecule has 1 aromatic carbocycles. The second-order valence-electron chi connectivity index (χ2n) is 4.22. The van der Waals surface area contributed by atoms with E-state index in [0.717, 1.165) is 0 Å². The van der Waals surface area contributed by atoms with Gasteiger partial charge in [0, 0.05) is 25.2 Å². The molecule has 0 saturated carbocycles. The van der Waals surface area contributed by atoms with E-state index < -0.39 is 0 Å². The second kappa shape index (κ2) is 5.25. The lowest BCUT2D eigenvalue weighted by Crippen LogP contribution is -2.53. The van der Waals surface area contributed by atoms with E-state index in [1.54, 1.807) is 18.2 Å². The third kappa shape index (κ3) is 3.25. The van der Waals surface area contributed by atoms with E-state index in [2.05, 4.69) is 5.32 Å². The fourth-order valence-electron chi connectivity index (χ4n) is 1.77. The highest BCUT2D eigenvalue weighted by Gasteiger charge is 2.25. The Labute approximate surface area is 99.0 Å². The van der Waals surface area contributed by atoms with Crippen molar-refractivity contribution >= 4 is 5.91 Å². The van der Waals surface area contributed by atoms with E-state index in [1.165, 1.54) is 6.07 Å². The van der Waals surface area contributed by atoms with Crippen LogP contribution in [0.15, 0.2) is 24.3 Å². The first kappa shape index (κ1) is 12.0. The van der Waals surface area contributed by atoms with Crippen LogP contribution in [-0.2, 0) is 11.3 Å². The van der Waals surface area contributed by atoms with Crippen molar-refractivity contribution in [2.75, 3.05) is 19.6 Å². The topological polar surface area (TPSA) is 52.6 Å². The first-order valence-electron chi connectivity index (χ1n) is 5.55. The molecule has 2 rings (SSSR count). The normalized spacial score (nSPS) is 16.6. The average Bonchev–Trinajstić information content (AvgIpc) is 2.26. The molecular formula is C12H15FN2O2. The molecule has 1 aromatic rings. The highest BCUT2D eigenvalue weighted by molar-refractivity contribution is 5.78. The summed E-state index contributed by atoms with van der Waals surface area (Å²) in [6.07, 6.45) is -0.311. The van der Waals surface area contributed by atoms with Crippen molar-refractivity contribution in [3.05, 3.63) is 35.6 Å². The largest absolute Gasteiger partial charge is 0.390 e. The van der Waals surface area contributed by atoms with Gasteiger partial charge in [0.1, 0.15) is 5.82 Å². The number of benzene rings is 1. The fraction of sp³-hybridized carbons (Fsp3) is 0.417. The summed E-state index contributed by atoms with van der Waals surface area (Å²) < 4.78 is 13.2. The zero-order valence-electron chi connectivity index (χ0n) is 9.40. The number of rotatable bonds is 4. The van der Waals surface area contributed by atoms with Gasteiger partial charge in [0.05, 0.1) is 12.6 Å². The van der Waals surface area contributed by atoms with Crippen molar-refractivity contribution in [2.45, 2.75) is 12.6 Å². The van der Waals surface area contributed by atoms with Gasteiger partial charge in [-0.25, -0.2) is 4.39 Å². The van der Waals surface area contributed by atoms with Crippen molar-refractivity contribution < 1.29 is 14.3 Å². The smallest absolute Gasteiger partial charge is 0.234 e. The van der Waals surface area contributed by atoms with Crippen LogP contribution in [0.5, 0.6) is 0 Å². The maximum Gasteiger partial charge on any atom is 0.234 e. The minimum absolute atomic E-state index is 0.153. The van der Waals surface area contributed by atoms with Gasteiger partial charge >= 0.3 is 0 Å². The number of aliphatic hydroxyl groups is 1. The first-order valence-corrected chi connectivity index (χ1v) is 5.55. The molecule has 0 atom stereocenters. The number of amides is 1. The Balaban J connectivity index is 1.75. The first-order chi connectivity index (χ1) is 8.15. The summed E-state index contributed by atoms with van der Waals surface area (Å²) in [5, 5.41) is 11.7. The minimum atomic E-state index is -0.313. The van der Waals surface area contributed by atoms with E-state index in [0.29, 0.717) is 18.7 Å². The van der Waals surface area contributed by atoms with Gasteiger partial charge in [-0.1, -0.05) is 18.2 Å². The summed E-state index contributed by atoms with van der Waals surface area (Å²) in [7, 11) is 0. The van der Waals surface area contributed by atoms with Gasteiger partial charge in [0.2, 0.25) is 5.91 Å². The molecule has 0 bridgehead atoms. The van der Waals surface area contributed by atoms with E-state index in [1.807, 2.05) is 4.90 Å². The van der Waals surface area contributed by atoms with Gasteiger partial charge in [-0.3, -0.25) is 9.69 Å². The van der Waals surface area contributed by atoms with Crippen LogP contribution >= 0.6 is 0 Å². The predicted molar refractivity (Wildman–Crippen MR) is 60.7 cm³/mol. The van der Waals surface area contributed by atoms with Gasteiger partial charge < -0.3 is 10.4 Å². The fourth-order valence-corrected chi connectivity index (χ4v) is 1.77. The number of nitrogens with zero attached hydrogens (tertiary/aromatic N) is 1. The molecule has 0 spiro atoms. The molecule has 0 unspecified atom stereocenters. The Morgan fingerprint density at radius 2 is 2.18 bits per heavy atom. The summed E-state index contributed by atoms with van der Waals surface area (Å²) in [4.78, 5) is 13.3. The Kier molecular flexibility index (Phi) is 3.71. The molecule has 1 heterocycles. The number of likely N-dealkylation sites (tertiary alicyclic amines) is 1. The molecule has 92 valence electrons. The molecule has 0 aliphatic carbocycles. The predicted octanol–water partition coefficient (Wildman–Crippen LogP) is 0.118. The molecule has 2 N–H and O–H groups in total. The van der Waals surface area contributed by atoms with Crippen LogP contribution in [0.1, 0.15) is 5.56 Å². The maximum atomic E-state index is 13.2. The van der Waals surface area contributed by atoms with E-state index in [9.17, 15) is 9.18 Å².